The first kappa shape index (κ1) is 18.4. The van der Waals surface area contributed by atoms with Crippen molar-refractivity contribution in [3.63, 3.8) is 0 Å². The molecule has 0 aromatic heterocycles. The molecule has 5 nitrogen and oxygen atoms in total. The second-order valence-corrected chi connectivity index (χ2v) is 5.93. The molecule has 0 saturated carbocycles. The van der Waals surface area contributed by atoms with Crippen LogP contribution in [-0.2, 0) is 16.1 Å². The minimum Gasteiger partial charge on any atom is -0.480 e. The van der Waals surface area contributed by atoms with Crippen LogP contribution in [0.2, 0.25) is 15.1 Å². The number of rotatable bonds is 6. The van der Waals surface area contributed by atoms with E-state index >= 15 is 0 Å². The topological polar surface area (TPSA) is 78.6 Å². The molecule has 0 heterocycles. The molecule has 0 aliphatic heterocycles. The maximum atomic E-state index is 11.7. The van der Waals surface area contributed by atoms with E-state index in [1.165, 1.54) is 12.1 Å². The summed E-state index contributed by atoms with van der Waals surface area (Å²) in [5.41, 5.74) is 6.23. The van der Waals surface area contributed by atoms with Crippen molar-refractivity contribution in [1.82, 2.24) is 0 Å². The van der Waals surface area contributed by atoms with Crippen LogP contribution in [-0.4, -0.2) is 18.5 Å². The van der Waals surface area contributed by atoms with E-state index in [1.807, 2.05) is 0 Å². The highest BCUT2D eigenvalue weighted by molar-refractivity contribution is 6.43. The fraction of sp³-hybridized carbons (Fsp3) is 0.125. The molecule has 8 heteroatoms. The lowest BCUT2D eigenvalue weighted by molar-refractivity contribution is -0.147. The molecule has 2 N–H and O–H groups in total. The van der Waals surface area contributed by atoms with Crippen LogP contribution < -0.4 is 10.5 Å². The van der Waals surface area contributed by atoms with Gasteiger partial charge in [-0.05, 0) is 23.8 Å². The van der Waals surface area contributed by atoms with Crippen molar-refractivity contribution in [2.24, 2.45) is 5.73 Å². The summed E-state index contributed by atoms with van der Waals surface area (Å²) in [5.74, 6) is -0.879. The molecule has 24 heavy (non-hydrogen) atoms. The van der Waals surface area contributed by atoms with Crippen molar-refractivity contribution < 1.29 is 19.1 Å². The molecule has 0 radical (unpaired) electrons. The van der Waals surface area contributed by atoms with Crippen molar-refractivity contribution in [2.75, 3.05) is 6.61 Å². The Morgan fingerprint density at radius 2 is 1.58 bits per heavy atom. The van der Waals surface area contributed by atoms with E-state index in [0.29, 0.717) is 11.1 Å². The van der Waals surface area contributed by atoms with E-state index < -0.39 is 11.9 Å². The SMILES string of the molecule is NC(=O)c1ccc(COC(=O)COc2cc(Cl)c(Cl)cc2Cl)cc1. The van der Waals surface area contributed by atoms with Crippen LogP contribution in [0.3, 0.4) is 0 Å². The lowest BCUT2D eigenvalue weighted by Gasteiger charge is -2.09. The van der Waals surface area contributed by atoms with Gasteiger partial charge in [-0.15, -0.1) is 0 Å². The number of benzene rings is 2. The monoisotopic (exact) mass is 387 g/mol. The molecule has 1 amide bonds. The molecule has 0 atom stereocenters. The second-order valence-electron chi connectivity index (χ2n) is 4.71. The summed E-state index contributed by atoms with van der Waals surface area (Å²) >= 11 is 17.6. The van der Waals surface area contributed by atoms with Crippen LogP contribution in [0.15, 0.2) is 36.4 Å². The Kier molecular flexibility index (Phi) is 6.31. The van der Waals surface area contributed by atoms with Gasteiger partial charge in [0.1, 0.15) is 12.4 Å². The minimum absolute atomic E-state index is 0.0380. The Balaban J connectivity index is 1.85. The highest BCUT2D eigenvalue weighted by Crippen LogP contribution is 2.33. The van der Waals surface area contributed by atoms with Gasteiger partial charge in [-0.1, -0.05) is 46.9 Å². The van der Waals surface area contributed by atoms with Crippen LogP contribution in [0.5, 0.6) is 5.75 Å². The maximum Gasteiger partial charge on any atom is 0.344 e. The Hall–Kier alpha value is -1.95. The van der Waals surface area contributed by atoms with Crippen LogP contribution >= 0.6 is 34.8 Å². The third-order valence-corrected chi connectivity index (χ3v) is 3.98. The third-order valence-electron chi connectivity index (χ3n) is 2.96. The van der Waals surface area contributed by atoms with Crippen molar-refractivity contribution >= 4 is 46.7 Å². The van der Waals surface area contributed by atoms with E-state index in [0.717, 1.165) is 0 Å². The smallest absolute Gasteiger partial charge is 0.344 e. The van der Waals surface area contributed by atoms with Gasteiger partial charge >= 0.3 is 5.97 Å². The Morgan fingerprint density at radius 1 is 0.958 bits per heavy atom. The number of primary amides is 1. The molecule has 0 aliphatic rings. The molecule has 0 bridgehead atoms. The van der Waals surface area contributed by atoms with Gasteiger partial charge in [0, 0.05) is 11.6 Å². The van der Waals surface area contributed by atoms with Gasteiger partial charge in [-0.3, -0.25) is 4.79 Å². The summed E-state index contributed by atoms with van der Waals surface area (Å²) in [7, 11) is 0. The highest BCUT2D eigenvalue weighted by atomic mass is 35.5. The van der Waals surface area contributed by atoms with Crippen molar-refractivity contribution in [3.8, 4) is 5.75 Å². The molecule has 2 aromatic rings. The molecular formula is C16H12Cl3NO4. The van der Waals surface area contributed by atoms with Gasteiger partial charge < -0.3 is 15.2 Å². The predicted octanol–water partition coefficient (Wildman–Crippen LogP) is 3.87. The number of hydrogen-bond acceptors (Lipinski definition) is 4. The first-order chi connectivity index (χ1) is 11.4. The van der Waals surface area contributed by atoms with E-state index in [-0.39, 0.29) is 34.0 Å². The number of amides is 1. The van der Waals surface area contributed by atoms with Gasteiger partial charge in [0.15, 0.2) is 6.61 Å². The van der Waals surface area contributed by atoms with Crippen LogP contribution in [0.25, 0.3) is 0 Å². The van der Waals surface area contributed by atoms with Crippen LogP contribution in [0.1, 0.15) is 15.9 Å². The van der Waals surface area contributed by atoms with E-state index in [4.69, 9.17) is 50.0 Å². The Bertz CT molecular complexity index is 763. The minimum atomic E-state index is -0.587. The average Bonchev–Trinajstić information content (AvgIpc) is 2.55. The fourth-order valence-electron chi connectivity index (χ4n) is 1.72. The summed E-state index contributed by atoms with van der Waals surface area (Å²) < 4.78 is 10.3. The summed E-state index contributed by atoms with van der Waals surface area (Å²) in [4.78, 5) is 22.7. The van der Waals surface area contributed by atoms with Crippen molar-refractivity contribution in [3.05, 3.63) is 62.6 Å². The maximum absolute atomic E-state index is 11.7. The van der Waals surface area contributed by atoms with Gasteiger partial charge in [0.05, 0.1) is 15.1 Å². The summed E-state index contributed by atoms with van der Waals surface area (Å²) in [6, 6.07) is 9.23. The summed E-state index contributed by atoms with van der Waals surface area (Å²) in [6.07, 6.45) is 0. The van der Waals surface area contributed by atoms with E-state index in [1.54, 1.807) is 24.3 Å². The van der Waals surface area contributed by atoms with Gasteiger partial charge in [-0.25, -0.2) is 4.79 Å². The molecule has 0 spiro atoms. The quantitative estimate of drug-likeness (QED) is 0.602. The third kappa shape index (κ3) is 5.03. The molecule has 2 rings (SSSR count). The second kappa shape index (κ2) is 8.24. The number of carbonyl (C=O) groups is 2. The number of nitrogens with two attached hydrogens (primary N) is 1. The Morgan fingerprint density at radius 3 is 2.21 bits per heavy atom. The van der Waals surface area contributed by atoms with Gasteiger partial charge in [0.2, 0.25) is 5.91 Å². The zero-order valence-electron chi connectivity index (χ0n) is 12.2. The molecule has 126 valence electrons. The Labute approximate surface area is 153 Å². The zero-order valence-corrected chi connectivity index (χ0v) is 14.5. The standard InChI is InChI=1S/C16H12Cl3NO4/c17-11-5-13(19)14(6-12(11)18)23-8-15(21)24-7-9-1-3-10(4-2-9)16(20)22/h1-6H,7-8H2,(H2,20,22). The number of ether oxygens (including phenoxy) is 2. The average molecular weight is 389 g/mol. The normalized spacial score (nSPS) is 10.3. The number of hydrogen-bond donors (Lipinski definition) is 1. The summed E-state index contributed by atoms with van der Waals surface area (Å²) in [5, 5.41) is 0.786. The van der Waals surface area contributed by atoms with E-state index in [2.05, 4.69) is 0 Å². The summed E-state index contributed by atoms with van der Waals surface area (Å²) in [6.45, 7) is -0.298. The number of halogens is 3. The zero-order chi connectivity index (χ0) is 17.7. The number of esters is 1. The lowest BCUT2D eigenvalue weighted by Crippen LogP contribution is -2.15. The largest absolute Gasteiger partial charge is 0.480 e. The highest BCUT2D eigenvalue weighted by Gasteiger charge is 2.10. The van der Waals surface area contributed by atoms with Gasteiger partial charge in [-0.2, -0.15) is 0 Å². The van der Waals surface area contributed by atoms with Crippen LogP contribution in [0.4, 0.5) is 0 Å². The predicted molar refractivity (Wildman–Crippen MR) is 91.7 cm³/mol. The van der Waals surface area contributed by atoms with Crippen LogP contribution in [0, 0.1) is 0 Å². The van der Waals surface area contributed by atoms with Gasteiger partial charge in [0.25, 0.3) is 0 Å². The van der Waals surface area contributed by atoms with Crippen molar-refractivity contribution in [2.45, 2.75) is 6.61 Å². The molecule has 0 aliphatic carbocycles. The molecule has 2 aromatic carbocycles. The lowest BCUT2D eigenvalue weighted by atomic mass is 10.1. The fourth-order valence-corrected chi connectivity index (χ4v) is 2.31. The molecular weight excluding hydrogens is 377 g/mol. The first-order valence-corrected chi connectivity index (χ1v) is 7.82. The molecule has 0 fully saturated rings. The molecule has 0 saturated heterocycles. The molecule has 0 unspecified atom stereocenters. The first-order valence-electron chi connectivity index (χ1n) is 6.68. The van der Waals surface area contributed by atoms with Crippen molar-refractivity contribution in [1.29, 1.82) is 0 Å². The number of carbonyl (C=O) groups excluding carboxylic acids is 2. The van der Waals surface area contributed by atoms with E-state index in [9.17, 15) is 9.59 Å².